The van der Waals surface area contributed by atoms with Crippen molar-refractivity contribution in [2.45, 2.75) is 13.0 Å². The molecule has 96 valence electrons. The summed E-state index contributed by atoms with van der Waals surface area (Å²) in [6, 6.07) is 2.71. The number of piperazine rings is 1. The van der Waals surface area contributed by atoms with Crippen molar-refractivity contribution in [2.24, 2.45) is 0 Å². The van der Waals surface area contributed by atoms with Gasteiger partial charge < -0.3 is 15.3 Å². The van der Waals surface area contributed by atoms with E-state index in [4.69, 9.17) is 5.11 Å². The molecule has 2 N–H and O–H groups in total. The molecule has 0 saturated carbocycles. The number of nitrogens with zero attached hydrogens (tertiary/aromatic N) is 2. The van der Waals surface area contributed by atoms with Crippen LogP contribution in [0.2, 0.25) is 0 Å². The number of carbonyl (C=O) groups is 2. The molecule has 0 bridgehead atoms. The number of hydrogen-bond donors (Lipinski definition) is 2. The first-order valence-electron chi connectivity index (χ1n) is 5.77. The third-order valence-electron chi connectivity index (χ3n) is 3.00. The van der Waals surface area contributed by atoms with E-state index in [9.17, 15) is 9.59 Å². The standard InChI is InChI=1S/C12H15N3O3/c1-8-3-2-4-14-10(8)11(16)15-6-5-13-7-9(15)12(17)18/h2-4,9,13H,5-7H2,1H3,(H,17,18). The Labute approximate surface area is 105 Å². The molecule has 1 aliphatic rings. The lowest BCUT2D eigenvalue weighted by Crippen LogP contribution is -2.57. The molecule has 2 rings (SSSR count). The third-order valence-corrected chi connectivity index (χ3v) is 3.00. The van der Waals surface area contributed by atoms with Crippen LogP contribution >= 0.6 is 0 Å². The van der Waals surface area contributed by atoms with Gasteiger partial charge >= 0.3 is 5.97 Å². The van der Waals surface area contributed by atoms with Crippen molar-refractivity contribution < 1.29 is 14.7 Å². The van der Waals surface area contributed by atoms with Crippen LogP contribution in [0.1, 0.15) is 16.1 Å². The molecule has 1 amide bonds. The predicted molar refractivity (Wildman–Crippen MR) is 64.3 cm³/mol. The van der Waals surface area contributed by atoms with E-state index < -0.39 is 12.0 Å². The molecule has 0 aromatic carbocycles. The average molecular weight is 249 g/mol. The van der Waals surface area contributed by atoms with Crippen LogP contribution in [0.3, 0.4) is 0 Å². The minimum Gasteiger partial charge on any atom is -0.480 e. The van der Waals surface area contributed by atoms with Gasteiger partial charge in [-0.05, 0) is 18.6 Å². The van der Waals surface area contributed by atoms with Gasteiger partial charge in [-0.2, -0.15) is 0 Å². The summed E-state index contributed by atoms with van der Waals surface area (Å²) < 4.78 is 0. The van der Waals surface area contributed by atoms with Crippen LogP contribution in [-0.2, 0) is 4.79 Å². The quantitative estimate of drug-likeness (QED) is 0.764. The van der Waals surface area contributed by atoms with Crippen LogP contribution in [0.4, 0.5) is 0 Å². The normalized spacial score (nSPS) is 19.6. The van der Waals surface area contributed by atoms with E-state index in [0.29, 0.717) is 18.8 Å². The molecule has 1 aromatic rings. The monoisotopic (exact) mass is 249 g/mol. The molecule has 1 fully saturated rings. The molecule has 1 unspecified atom stereocenters. The Balaban J connectivity index is 2.27. The highest BCUT2D eigenvalue weighted by Crippen LogP contribution is 2.12. The van der Waals surface area contributed by atoms with Crippen LogP contribution in [-0.4, -0.2) is 52.5 Å². The first-order chi connectivity index (χ1) is 8.61. The topological polar surface area (TPSA) is 82.5 Å². The maximum atomic E-state index is 12.3. The van der Waals surface area contributed by atoms with E-state index in [-0.39, 0.29) is 12.5 Å². The Morgan fingerprint density at radius 3 is 3.00 bits per heavy atom. The second-order valence-electron chi connectivity index (χ2n) is 4.23. The number of carboxylic acid groups (broad SMARTS) is 1. The molecule has 6 heteroatoms. The second kappa shape index (κ2) is 5.14. The number of carboxylic acids is 1. The van der Waals surface area contributed by atoms with Crippen LogP contribution < -0.4 is 5.32 Å². The average Bonchev–Trinajstić information content (AvgIpc) is 2.38. The maximum Gasteiger partial charge on any atom is 0.327 e. The van der Waals surface area contributed by atoms with Gasteiger partial charge in [0.25, 0.3) is 5.91 Å². The van der Waals surface area contributed by atoms with Crippen molar-refractivity contribution in [1.82, 2.24) is 15.2 Å². The zero-order valence-electron chi connectivity index (χ0n) is 10.1. The molecule has 0 spiro atoms. The number of hydrogen-bond acceptors (Lipinski definition) is 4. The zero-order chi connectivity index (χ0) is 13.1. The van der Waals surface area contributed by atoms with Crippen LogP contribution in [0, 0.1) is 6.92 Å². The SMILES string of the molecule is Cc1cccnc1C(=O)N1CCNCC1C(=O)O. The number of rotatable bonds is 2. The number of aryl methyl sites for hydroxylation is 1. The van der Waals surface area contributed by atoms with Crippen molar-refractivity contribution in [2.75, 3.05) is 19.6 Å². The summed E-state index contributed by atoms with van der Waals surface area (Å²) in [5.74, 6) is -1.31. The van der Waals surface area contributed by atoms with E-state index in [0.717, 1.165) is 5.56 Å². The van der Waals surface area contributed by atoms with Crippen molar-refractivity contribution in [3.63, 3.8) is 0 Å². The van der Waals surface area contributed by atoms with E-state index in [1.807, 2.05) is 0 Å². The fraction of sp³-hybridized carbons (Fsp3) is 0.417. The van der Waals surface area contributed by atoms with Gasteiger partial charge in [0.2, 0.25) is 0 Å². The number of nitrogens with one attached hydrogen (secondary N) is 1. The summed E-state index contributed by atoms with van der Waals surface area (Å²) in [5.41, 5.74) is 1.08. The van der Waals surface area contributed by atoms with E-state index in [1.165, 1.54) is 11.1 Å². The summed E-state index contributed by atoms with van der Waals surface area (Å²) in [5, 5.41) is 12.1. The lowest BCUT2D eigenvalue weighted by atomic mass is 10.1. The Morgan fingerprint density at radius 1 is 1.56 bits per heavy atom. The van der Waals surface area contributed by atoms with Crippen LogP contribution in [0.15, 0.2) is 18.3 Å². The summed E-state index contributed by atoms with van der Waals surface area (Å²) >= 11 is 0. The lowest BCUT2D eigenvalue weighted by molar-refractivity contribution is -0.142. The number of carbonyl (C=O) groups excluding carboxylic acids is 1. The summed E-state index contributed by atoms with van der Waals surface area (Å²) in [7, 11) is 0. The molecule has 1 aromatic heterocycles. The van der Waals surface area contributed by atoms with Gasteiger partial charge in [-0.1, -0.05) is 6.07 Å². The van der Waals surface area contributed by atoms with Gasteiger partial charge in [0.05, 0.1) is 0 Å². The minimum atomic E-state index is -0.996. The van der Waals surface area contributed by atoms with Gasteiger partial charge in [0, 0.05) is 25.8 Å². The fourth-order valence-electron chi connectivity index (χ4n) is 2.01. The van der Waals surface area contributed by atoms with E-state index >= 15 is 0 Å². The second-order valence-corrected chi connectivity index (χ2v) is 4.23. The van der Waals surface area contributed by atoms with Crippen molar-refractivity contribution >= 4 is 11.9 Å². The molecule has 1 atom stereocenters. The lowest BCUT2D eigenvalue weighted by Gasteiger charge is -2.33. The van der Waals surface area contributed by atoms with Crippen molar-refractivity contribution in [3.8, 4) is 0 Å². The molecule has 18 heavy (non-hydrogen) atoms. The predicted octanol–water partition coefficient (Wildman–Crippen LogP) is -0.111. The van der Waals surface area contributed by atoms with Gasteiger partial charge in [0.1, 0.15) is 11.7 Å². The Morgan fingerprint density at radius 2 is 2.33 bits per heavy atom. The van der Waals surface area contributed by atoms with Gasteiger partial charge in [0.15, 0.2) is 0 Å². The number of pyridine rings is 1. The smallest absolute Gasteiger partial charge is 0.327 e. The third kappa shape index (κ3) is 2.33. The zero-order valence-corrected chi connectivity index (χ0v) is 10.1. The number of aliphatic carboxylic acids is 1. The number of amides is 1. The number of aromatic nitrogens is 1. The van der Waals surface area contributed by atoms with E-state index in [2.05, 4.69) is 10.3 Å². The van der Waals surface area contributed by atoms with E-state index in [1.54, 1.807) is 19.1 Å². The Hall–Kier alpha value is -1.95. The highest BCUT2D eigenvalue weighted by Gasteiger charge is 2.33. The van der Waals surface area contributed by atoms with Gasteiger partial charge in [-0.15, -0.1) is 0 Å². The highest BCUT2D eigenvalue weighted by atomic mass is 16.4. The highest BCUT2D eigenvalue weighted by molar-refractivity contribution is 5.96. The molecular weight excluding hydrogens is 234 g/mol. The van der Waals surface area contributed by atoms with Gasteiger partial charge in [-0.25, -0.2) is 4.79 Å². The first-order valence-corrected chi connectivity index (χ1v) is 5.77. The van der Waals surface area contributed by atoms with Crippen molar-refractivity contribution in [1.29, 1.82) is 0 Å². The summed E-state index contributed by atoms with van der Waals surface area (Å²) in [6.45, 7) is 3.04. The molecule has 1 aliphatic heterocycles. The maximum absolute atomic E-state index is 12.3. The van der Waals surface area contributed by atoms with Gasteiger partial charge in [-0.3, -0.25) is 9.78 Å². The molecular formula is C12H15N3O3. The molecule has 1 saturated heterocycles. The molecule has 2 heterocycles. The first kappa shape index (κ1) is 12.5. The Bertz CT molecular complexity index is 475. The Kier molecular flexibility index (Phi) is 3.57. The fourth-order valence-corrected chi connectivity index (χ4v) is 2.01. The summed E-state index contributed by atoms with van der Waals surface area (Å²) in [4.78, 5) is 28.9. The molecule has 6 nitrogen and oxygen atoms in total. The minimum absolute atomic E-state index is 0.271. The summed E-state index contributed by atoms with van der Waals surface area (Å²) in [6.07, 6.45) is 1.54. The largest absolute Gasteiger partial charge is 0.480 e. The van der Waals surface area contributed by atoms with Crippen LogP contribution in [0.25, 0.3) is 0 Å². The molecule has 0 aliphatic carbocycles. The van der Waals surface area contributed by atoms with Crippen LogP contribution in [0.5, 0.6) is 0 Å². The van der Waals surface area contributed by atoms with Crippen molar-refractivity contribution in [3.05, 3.63) is 29.6 Å². The molecule has 0 radical (unpaired) electrons.